The molecular formula is C19H19NO2S. The van der Waals surface area contributed by atoms with Crippen molar-refractivity contribution in [1.29, 1.82) is 0 Å². The number of nitrogens with zero attached hydrogens (tertiary/aromatic N) is 1. The van der Waals surface area contributed by atoms with Crippen LogP contribution in [0.2, 0.25) is 0 Å². The van der Waals surface area contributed by atoms with E-state index in [0.29, 0.717) is 18.2 Å². The summed E-state index contributed by atoms with van der Waals surface area (Å²) in [7, 11) is 0. The van der Waals surface area contributed by atoms with Gasteiger partial charge in [-0.05, 0) is 42.5 Å². The average molecular weight is 325 g/mol. The Hall–Kier alpha value is -2.20. The SMILES string of the molecule is CSc1ccc([C@@H]2CC=CN(C(=O)Oc3ccccc3)C2)cc1. The number of ether oxygens (including phenoxy) is 1. The van der Waals surface area contributed by atoms with Crippen LogP contribution < -0.4 is 4.74 Å². The van der Waals surface area contributed by atoms with Crippen LogP contribution in [-0.2, 0) is 0 Å². The molecule has 0 spiro atoms. The monoisotopic (exact) mass is 325 g/mol. The molecule has 118 valence electrons. The Balaban J connectivity index is 1.66. The average Bonchev–Trinajstić information content (AvgIpc) is 2.63. The van der Waals surface area contributed by atoms with Crippen molar-refractivity contribution in [3.63, 3.8) is 0 Å². The molecule has 2 aromatic rings. The lowest BCUT2D eigenvalue weighted by Crippen LogP contribution is -2.34. The lowest BCUT2D eigenvalue weighted by molar-refractivity contribution is 0.165. The van der Waals surface area contributed by atoms with Gasteiger partial charge in [-0.2, -0.15) is 0 Å². The fourth-order valence-corrected chi connectivity index (χ4v) is 3.03. The summed E-state index contributed by atoms with van der Waals surface area (Å²) in [6, 6.07) is 17.7. The molecule has 1 amide bonds. The summed E-state index contributed by atoms with van der Waals surface area (Å²) in [4.78, 5) is 15.2. The first-order valence-electron chi connectivity index (χ1n) is 7.60. The van der Waals surface area contributed by atoms with E-state index in [1.165, 1.54) is 10.5 Å². The van der Waals surface area contributed by atoms with Gasteiger partial charge >= 0.3 is 6.09 Å². The van der Waals surface area contributed by atoms with E-state index in [-0.39, 0.29) is 6.09 Å². The lowest BCUT2D eigenvalue weighted by Gasteiger charge is -2.27. The number of allylic oxidation sites excluding steroid dienone is 1. The van der Waals surface area contributed by atoms with Gasteiger partial charge in [0.2, 0.25) is 0 Å². The van der Waals surface area contributed by atoms with E-state index in [0.717, 1.165) is 6.42 Å². The molecule has 3 rings (SSSR count). The molecule has 23 heavy (non-hydrogen) atoms. The Morgan fingerprint density at radius 2 is 1.87 bits per heavy atom. The summed E-state index contributed by atoms with van der Waals surface area (Å²) < 4.78 is 5.41. The van der Waals surface area contributed by atoms with Gasteiger partial charge < -0.3 is 4.74 Å². The largest absolute Gasteiger partial charge is 0.419 e. The van der Waals surface area contributed by atoms with Crippen LogP contribution in [0.3, 0.4) is 0 Å². The van der Waals surface area contributed by atoms with Crippen LogP contribution in [0.4, 0.5) is 4.79 Å². The smallest absolute Gasteiger partial charge is 0.410 e. The quantitative estimate of drug-likeness (QED) is 0.751. The highest BCUT2D eigenvalue weighted by atomic mass is 32.2. The highest BCUT2D eigenvalue weighted by Gasteiger charge is 2.22. The van der Waals surface area contributed by atoms with Crippen molar-refractivity contribution in [2.75, 3.05) is 12.8 Å². The maximum Gasteiger partial charge on any atom is 0.419 e. The third kappa shape index (κ3) is 3.96. The van der Waals surface area contributed by atoms with Crippen molar-refractivity contribution in [2.24, 2.45) is 0 Å². The number of thioether (sulfide) groups is 1. The molecule has 0 aliphatic carbocycles. The minimum absolute atomic E-state index is 0.305. The van der Waals surface area contributed by atoms with E-state index < -0.39 is 0 Å². The number of para-hydroxylation sites is 1. The number of hydrogen-bond donors (Lipinski definition) is 0. The summed E-state index contributed by atoms with van der Waals surface area (Å²) >= 11 is 1.73. The van der Waals surface area contributed by atoms with Gasteiger partial charge in [0, 0.05) is 23.6 Å². The third-order valence-electron chi connectivity index (χ3n) is 3.89. The second kappa shape index (κ2) is 7.38. The van der Waals surface area contributed by atoms with Crippen molar-refractivity contribution in [3.05, 3.63) is 72.4 Å². The minimum Gasteiger partial charge on any atom is -0.410 e. The molecule has 3 nitrogen and oxygen atoms in total. The summed E-state index contributed by atoms with van der Waals surface area (Å²) in [5.74, 6) is 0.872. The molecule has 0 N–H and O–H groups in total. The maximum absolute atomic E-state index is 12.3. The maximum atomic E-state index is 12.3. The van der Waals surface area contributed by atoms with Crippen LogP contribution in [0.15, 0.2) is 71.8 Å². The van der Waals surface area contributed by atoms with Gasteiger partial charge in [-0.25, -0.2) is 4.79 Å². The van der Waals surface area contributed by atoms with Crippen molar-refractivity contribution in [3.8, 4) is 5.75 Å². The summed E-state index contributed by atoms with van der Waals surface area (Å²) in [6.45, 7) is 0.640. The van der Waals surface area contributed by atoms with E-state index in [4.69, 9.17) is 4.74 Å². The van der Waals surface area contributed by atoms with Gasteiger partial charge in [0.05, 0.1) is 0 Å². The lowest BCUT2D eigenvalue weighted by atomic mass is 9.93. The van der Waals surface area contributed by atoms with Crippen LogP contribution in [0.25, 0.3) is 0 Å². The number of amides is 1. The molecule has 0 bridgehead atoms. The van der Waals surface area contributed by atoms with Crippen LogP contribution >= 0.6 is 11.8 Å². The molecular weight excluding hydrogens is 306 g/mol. The van der Waals surface area contributed by atoms with Crippen molar-refractivity contribution in [1.82, 2.24) is 4.90 Å². The molecule has 0 aromatic heterocycles. The molecule has 1 aliphatic rings. The fraction of sp³-hybridized carbons (Fsp3) is 0.211. The van der Waals surface area contributed by atoms with E-state index >= 15 is 0 Å². The van der Waals surface area contributed by atoms with Crippen LogP contribution in [0, 0.1) is 0 Å². The summed E-state index contributed by atoms with van der Waals surface area (Å²) in [5, 5.41) is 0. The first-order valence-corrected chi connectivity index (χ1v) is 8.83. The fourth-order valence-electron chi connectivity index (χ4n) is 2.63. The predicted octanol–water partition coefficient (Wildman–Crippen LogP) is 4.91. The Morgan fingerprint density at radius 1 is 1.13 bits per heavy atom. The van der Waals surface area contributed by atoms with Gasteiger partial charge in [0.1, 0.15) is 5.75 Å². The van der Waals surface area contributed by atoms with Gasteiger partial charge in [0.25, 0.3) is 0 Å². The molecule has 0 unspecified atom stereocenters. The number of rotatable bonds is 3. The highest BCUT2D eigenvalue weighted by Crippen LogP contribution is 2.27. The van der Waals surface area contributed by atoms with E-state index in [1.807, 2.05) is 30.5 Å². The number of hydrogen-bond acceptors (Lipinski definition) is 3. The van der Waals surface area contributed by atoms with E-state index in [9.17, 15) is 4.79 Å². The molecule has 1 atom stereocenters. The van der Waals surface area contributed by atoms with Crippen LogP contribution in [-0.4, -0.2) is 23.8 Å². The predicted molar refractivity (Wildman–Crippen MR) is 93.9 cm³/mol. The Labute approximate surface area is 141 Å². The molecule has 0 saturated heterocycles. The summed E-state index contributed by atoms with van der Waals surface area (Å²) in [5.41, 5.74) is 1.25. The minimum atomic E-state index is -0.335. The van der Waals surface area contributed by atoms with Crippen molar-refractivity contribution >= 4 is 17.9 Å². The molecule has 0 fully saturated rings. The molecule has 1 heterocycles. The van der Waals surface area contributed by atoms with Crippen molar-refractivity contribution in [2.45, 2.75) is 17.2 Å². The first kappa shape index (κ1) is 15.7. The zero-order valence-corrected chi connectivity index (χ0v) is 13.8. The first-order chi connectivity index (χ1) is 11.3. The van der Waals surface area contributed by atoms with Crippen LogP contribution in [0.1, 0.15) is 17.9 Å². The number of carbonyl (C=O) groups is 1. The zero-order chi connectivity index (χ0) is 16.1. The van der Waals surface area contributed by atoms with E-state index in [2.05, 4.69) is 30.5 Å². The Kier molecular flexibility index (Phi) is 5.03. The standard InChI is InChI=1S/C19H19NO2S/c1-23-18-11-9-15(10-12-18)16-6-5-13-20(14-16)19(21)22-17-7-3-2-4-8-17/h2-5,7-13,16H,6,14H2,1H3/t16-/m1/s1. The summed E-state index contributed by atoms with van der Waals surface area (Å²) in [6.07, 6.45) is 6.52. The van der Waals surface area contributed by atoms with Crippen LogP contribution in [0.5, 0.6) is 5.75 Å². The third-order valence-corrected chi connectivity index (χ3v) is 4.64. The molecule has 1 aliphatic heterocycles. The van der Waals surface area contributed by atoms with Gasteiger partial charge in [-0.15, -0.1) is 11.8 Å². The van der Waals surface area contributed by atoms with E-state index in [1.54, 1.807) is 28.8 Å². The number of benzene rings is 2. The number of carbonyl (C=O) groups excluding carboxylic acids is 1. The Bertz CT molecular complexity index is 682. The topological polar surface area (TPSA) is 29.5 Å². The molecule has 0 radical (unpaired) electrons. The second-order valence-corrected chi connectivity index (χ2v) is 6.30. The Morgan fingerprint density at radius 3 is 2.57 bits per heavy atom. The van der Waals surface area contributed by atoms with Crippen molar-refractivity contribution < 1.29 is 9.53 Å². The highest BCUT2D eigenvalue weighted by molar-refractivity contribution is 7.98. The van der Waals surface area contributed by atoms with Gasteiger partial charge in [-0.3, -0.25) is 4.90 Å². The normalized spacial score (nSPS) is 17.1. The molecule has 0 saturated carbocycles. The second-order valence-electron chi connectivity index (χ2n) is 5.42. The van der Waals surface area contributed by atoms with Gasteiger partial charge in [0.15, 0.2) is 0 Å². The van der Waals surface area contributed by atoms with Gasteiger partial charge in [-0.1, -0.05) is 36.4 Å². The molecule has 2 aromatic carbocycles. The molecule has 4 heteroatoms. The zero-order valence-electron chi connectivity index (χ0n) is 13.0.